The van der Waals surface area contributed by atoms with Gasteiger partial charge in [0.25, 0.3) is 5.91 Å². The molecule has 0 radical (unpaired) electrons. The lowest BCUT2D eigenvalue weighted by Crippen LogP contribution is -2.51. The number of rotatable bonds is 4. The van der Waals surface area contributed by atoms with Gasteiger partial charge < -0.3 is 15.8 Å². The Morgan fingerprint density at radius 1 is 1.47 bits per heavy atom. The Hall–Kier alpha value is -1.62. The number of hydrogen-bond acceptors (Lipinski definition) is 3. The van der Waals surface area contributed by atoms with Crippen LogP contribution in [0.3, 0.4) is 0 Å². The zero-order chi connectivity index (χ0) is 13.9. The van der Waals surface area contributed by atoms with E-state index >= 15 is 0 Å². The highest BCUT2D eigenvalue weighted by molar-refractivity contribution is 5.97. The fourth-order valence-corrected chi connectivity index (χ4v) is 2.60. The van der Waals surface area contributed by atoms with Crippen LogP contribution < -0.4 is 15.8 Å². The van der Waals surface area contributed by atoms with Crippen LogP contribution in [-0.4, -0.2) is 25.1 Å². The van der Waals surface area contributed by atoms with E-state index < -0.39 is 5.82 Å². The van der Waals surface area contributed by atoms with Crippen molar-refractivity contribution in [3.8, 4) is 5.75 Å². The van der Waals surface area contributed by atoms with Crippen molar-refractivity contribution in [1.29, 1.82) is 0 Å². The average Bonchev–Trinajstić information content (AvgIpc) is 2.87. The number of benzene rings is 1. The van der Waals surface area contributed by atoms with Crippen LogP contribution in [0.2, 0.25) is 0 Å². The summed E-state index contributed by atoms with van der Waals surface area (Å²) in [6.45, 7) is 0.399. The third-order valence-corrected chi connectivity index (χ3v) is 3.74. The number of carbonyl (C=O) groups excluding carboxylic acids is 1. The number of nitrogens with two attached hydrogens (primary N) is 1. The third kappa shape index (κ3) is 2.87. The quantitative estimate of drug-likeness (QED) is 0.874. The topological polar surface area (TPSA) is 64.3 Å². The van der Waals surface area contributed by atoms with Crippen LogP contribution in [0.5, 0.6) is 5.75 Å². The van der Waals surface area contributed by atoms with Gasteiger partial charge in [-0.05, 0) is 31.0 Å². The molecule has 104 valence electrons. The van der Waals surface area contributed by atoms with Gasteiger partial charge in [0, 0.05) is 6.54 Å². The Kier molecular flexibility index (Phi) is 4.04. The fourth-order valence-electron chi connectivity index (χ4n) is 2.60. The average molecular weight is 266 g/mol. The van der Waals surface area contributed by atoms with E-state index in [2.05, 4.69) is 5.32 Å². The van der Waals surface area contributed by atoms with Gasteiger partial charge in [-0.15, -0.1) is 0 Å². The van der Waals surface area contributed by atoms with Gasteiger partial charge in [-0.2, -0.15) is 0 Å². The molecule has 0 aliphatic heterocycles. The number of nitrogens with one attached hydrogen (secondary N) is 1. The summed E-state index contributed by atoms with van der Waals surface area (Å²) in [5.74, 6) is -0.424. The molecule has 1 aromatic rings. The van der Waals surface area contributed by atoms with Crippen molar-refractivity contribution in [2.75, 3.05) is 13.7 Å². The molecule has 0 bridgehead atoms. The van der Waals surface area contributed by atoms with Crippen LogP contribution in [0, 0.1) is 5.82 Å². The SMILES string of the molecule is COc1ccc(F)cc1C(=O)NC1(CN)CCCC1. The Balaban J connectivity index is 2.22. The highest BCUT2D eigenvalue weighted by Crippen LogP contribution is 2.29. The lowest BCUT2D eigenvalue weighted by molar-refractivity contribution is 0.0899. The van der Waals surface area contributed by atoms with Crippen molar-refractivity contribution in [3.05, 3.63) is 29.6 Å². The van der Waals surface area contributed by atoms with Crippen LogP contribution in [0.1, 0.15) is 36.0 Å². The van der Waals surface area contributed by atoms with E-state index in [0.717, 1.165) is 25.7 Å². The Bertz CT molecular complexity index is 471. The first-order valence-corrected chi connectivity index (χ1v) is 6.46. The highest BCUT2D eigenvalue weighted by atomic mass is 19.1. The van der Waals surface area contributed by atoms with Gasteiger partial charge in [0.1, 0.15) is 11.6 Å². The monoisotopic (exact) mass is 266 g/mol. The van der Waals surface area contributed by atoms with Gasteiger partial charge in [-0.1, -0.05) is 12.8 Å². The van der Waals surface area contributed by atoms with Crippen molar-refractivity contribution in [2.24, 2.45) is 5.73 Å². The number of methoxy groups -OCH3 is 1. The zero-order valence-corrected chi connectivity index (χ0v) is 11.0. The minimum Gasteiger partial charge on any atom is -0.496 e. The second kappa shape index (κ2) is 5.57. The summed E-state index contributed by atoms with van der Waals surface area (Å²) in [4.78, 5) is 12.3. The maximum atomic E-state index is 13.3. The summed E-state index contributed by atoms with van der Waals surface area (Å²) in [5.41, 5.74) is 5.63. The molecule has 1 saturated carbocycles. The minimum atomic E-state index is -0.459. The molecule has 1 amide bonds. The maximum absolute atomic E-state index is 13.3. The van der Waals surface area contributed by atoms with E-state index in [1.165, 1.54) is 25.3 Å². The molecule has 3 N–H and O–H groups in total. The van der Waals surface area contributed by atoms with E-state index in [0.29, 0.717) is 12.3 Å². The van der Waals surface area contributed by atoms with Gasteiger partial charge in [0.05, 0.1) is 18.2 Å². The van der Waals surface area contributed by atoms with Crippen molar-refractivity contribution in [3.63, 3.8) is 0 Å². The van der Waals surface area contributed by atoms with Crippen LogP contribution in [-0.2, 0) is 0 Å². The van der Waals surface area contributed by atoms with Crippen LogP contribution in [0.25, 0.3) is 0 Å². The summed E-state index contributed by atoms with van der Waals surface area (Å²) in [6.07, 6.45) is 3.84. The summed E-state index contributed by atoms with van der Waals surface area (Å²) in [6, 6.07) is 3.91. The van der Waals surface area contributed by atoms with E-state index in [4.69, 9.17) is 10.5 Å². The minimum absolute atomic E-state index is 0.210. The summed E-state index contributed by atoms with van der Waals surface area (Å²) < 4.78 is 18.4. The summed E-state index contributed by atoms with van der Waals surface area (Å²) in [7, 11) is 1.46. The molecule has 0 aromatic heterocycles. The lowest BCUT2D eigenvalue weighted by Gasteiger charge is -2.29. The number of amides is 1. The van der Waals surface area contributed by atoms with E-state index in [9.17, 15) is 9.18 Å². The van der Waals surface area contributed by atoms with E-state index in [1.807, 2.05) is 0 Å². The molecule has 2 rings (SSSR count). The molecule has 0 saturated heterocycles. The summed E-state index contributed by atoms with van der Waals surface area (Å²) in [5, 5.41) is 2.95. The van der Waals surface area contributed by atoms with Gasteiger partial charge in [-0.3, -0.25) is 4.79 Å². The van der Waals surface area contributed by atoms with Gasteiger partial charge in [-0.25, -0.2) is 4.39 Å². The number of ether oxygens (including phenoxy) is 1. The van der Waals surface area contributed by atoms with Gasteiger partial charge in [0.15, 0.2) is 0 Å². The van der Waals surface area contributed by atoms with Crippen molar-refractivity contribution >= 4 is 5.91 Å². The van der Waals surface area contributed by atoms with Crippen molar-refractivity contribution in [1.82, 2.24) is 5.32 Å². The smallest absolute Gasteiger partial charge is 0.255 e. The van der Waals surface area contributed by atoms with Crippen molar-refractivity contribution < 1.29 is 13.9 Å². The largest absolute Gasteiger partial charge is 0.496 e. The summed E-state index contributed by atoms with van der Waals surface area (Å²) >= 11 is 0. The van der Waals surface area contributed by atoms with Gasteiger partial charge >= 0.3 is 0 Å². The predicted molar refractivity (Wildman–Crippen MR) is 70.7 cm³/mol. The normalized spacial score (nSPS) is 17.2. The molecule has 4 nitrogen and oxygen atoms in total. The first-order valence-electron chi connectivity index (χ1n) is 6.46. The van der Waals surface area contributed by atoms with Crippen LogP contribution in [0.4, 0.5) is 4.39 Å². The molecule has 19 heavy (non-hydrogen) atoms. The molecular weight excluding hydrogens is 247 g/mol. The number of halogens is 1. The molecular formula is C14H19FN2O2. The van der Waals surface area contributed by atoms with Crippen molar-refractivity contribution in [2.45, 2.75) is 31.2 Å². The Morgan fingerprint density at radius 2 is 2.16 bits per heavy atom. The zero-order valence-electron chi connectivity index (χ0n) is 11.0. The molecule has 1 aromatic carbocycles. The van der Waals surface area contributed by atoms with E-state index in [-0.39, 0.29) is 17.0 Å². The molecule has 0 atom stereocenters. The molecule has 0 heterocycles. The maximum Gasteiger partial charge on any atom is 0.255 e. The standard InChI is InChI=1S/C14H19FN2O2/c1-19-12-5-4-10(15)8-11(12)13(18)17-14(9-16)6-2-3-7-14/h4-5,8H,2-3,6-7,9,16H2,1H3,(H,17,18). The Labute approximate surface area is 112 Å². The predicted octanol–water partition coefficient (Wildman–Crippen LogP) is 1.84. The second-order valence-electron chi connectivity index (χ2n) is 4.99. The molecule has 0 spiro atoms. The molecule has 1 aliphatic carbocycles. The Morgan fingerprint density at radius 3 is 2.74 bits per heavy atom. The highest BCUT2D eigenvalue weighted by Gasteiger charge is 2.34. The first kappa shape index (κ1) is 13.8. The molecule has 1 aliphatic rings. The van der Waals surface area contributed by atoms with E-state index in [1.54, 1.807) is 0 Å². The van der Waals surface area contributed by atoms with Crippen LogP contribution >= 0.6 is 0 Å². The van der Waals surface area contributed by atoms with Gasteiger partial charge in [0.2, 0.25) is 0 Å². The molecule has 1 fully saturated rings. The first-order chi connectivity index (χ1) is 9.10. The fraction of sp³-hybridized carbons (Fsp3) is 0.500. The second-order valence-corrected chi connectivity index (χ2v) is 4.99. The molecule has 0 unspecified atom stereocenters. The van der Waals surface area contributed by atoms with Crippen LogP contribution in [0.15, 0.2) is 18.2 Å². The lowest BCUT2D eigenvalue weighted by atomic mass is 9.97. The number of hydrogen-bond donors (Lipinski definition) is 2. The third-order valence-electron chi connectivity index (χ3n) is 3.74. The molecule has 5 heteroatoms. The number of carbonyl (C=O) groups is 1.